The molecule has 0 aliphatic carbocycles. The molecule has 7 heteroatoms. The van der Waals surface area contributed by atoms with Crippen LogP contribution in [0.5, 0.6) is 0 Å². The van der Waals surface area contributed by atoms with Crippen molar-refractivity contribution >= 4 is 21.7 Å². The van der Waals surface area contributed by atoms with Crippen molar-refractivity contribution in [2.45, 2.75) is 31.7 Å². The highest BCUT2D eigenvalue weighted by atomic mass is 32.2. The second-order valence-corrected chi connectivity index (χ2v) is 6.56. The molecule has 0 bridgehead atoms. The quantitative estimate of drug-likeness (QED) is 0.769. The number of carbonyl (C=O) groups excluding carboxylic acids is 1. The Morgan fingerprint density at radius 2 is 1.95 bits per heavy atom. The van der Waals surface area contributed by atoms with E-state index in [1.165, 1.54) is 13.1 Å². The SMILES string of the molecule is CCOC(=O)CN(c1ccccc1S(=O)(=O)NC)C(C)C. The van der Waals surface area contributed by atoms with E-state index in [0.717, 1.165) is 0 Å². The Bertz CT molecular complexity index is 584. The fraction of sp³-hybridized carbons (Fsp3) is 0.500. The highest BCUT2D eigenvalue weighted by Gasteiger charge is 2.23. The number of nitrogens with zero attached hydrogens (tertiary/aromatic N) is 1. The molecule has 1 aromatic rings. The average Bonchev–Trinajstić information content (AvgIpc) is 2.45. The van der Waals surface area contributed by atoms with E-state index >= 15 is 0 Å². The predicted octanol–water partition coefficient (Wildman–Crippen LogP) is 1.37. The number of ether oxygens (including phenoxy) is 1. The van der Waals surface area contributed by atoms with Gasteiger partial charge in [0.2, 0.25) is 10.0 Å². The zero-order valence-electron chi connectivity index (χ0n) is 12.8. The molecule has 0 aromatic heterocycles. The van der Waals surface area contributed by atoms with Crippen molar-refractivity contribution in [2.24, 2.45) is 0 Å². The van der Waals surface area contributed by atoms with E-state index in [1.54, 1.807) is 30.0 Å². The summed E-state index contributed by atoms with van der Waals surface area (Å²) < 4.78 is 31.5. The first-order valence-corrected chi connectivity index (χ1v) is 8.26. The molecule has 0 aliphatic rings. The van der Waals surface area contributed by atoms with Gasteiger partial charge in [-0.1, -0.05) is 12.1 Å². The first-order chi connectivity index (χ1) is 9.83. The van der Waals surface area contributed by atoms with Crippen LogP contribution in [0.4, 0.5) is 5.69 Å². The Hall–Kier alpha value is -1.60. The van der Waals surface area contributed by atoms with Crippen LogP contribution in [-0.2, 0) is 19.6 Å². The Kier molecular flexibility index (Phi) is 6.17. The summed E-state index contributed by atoms with van der Waals surface area (Å²) in [5, 5.41) is 0. The van der Waals surface area contributed by atoms with Gasteiger partial charge < -0.3 is 9.64 Å². The van der Waals surface area contributed by atoms with Crippen molar-refractivity contribution in [3.05, 3.63) is 24.3 Å². The van der Waals surface area contributed by atoms with Crippen LogP contribution < -0.4 is 9.62 Å². The van der Waals surface area contributed by atoms with Crippen molar-refractivity contribution in [1.82, 2.24) is 4.72 Å². The fourth-order valence-electron chi connectivity index (χ4n) is 1.92. The molecule has 0 radical (unpaired) electrons. The zero-order valence-corrected chi connectivity index (χ0v) is 13.6. The molecule has 0 atom stereocenters. The van der Waals surface area contributed by atoms with Gasteiger partial charge >= 0.3 is 5.97 Å². The van der Waals surface area contributed by atoms with Gasteiger partial charge in [0.25, 0.3) is 0 Å². The molecule has 1 N–H and O–H groups in total. The molecule has 0 saturated carbocycles. The van der Waals surface area contributed by atoms with Crippen LogP contribution in [0.2, 0.25) is 0 Å². The zero-order chi connectivity index (χ0) is 16.0. The molecule has 1 rings (SSSR count). The lowest BCUT2D eigenvalue weighted by atomic mass is 10.2. The standard InChI is InChI=1S/C14H22N2O4S/c1-5-20-14(17)10-16(11(2)3)12-8-6-7-9-13(12)21(18,19)15-4/h6-9,11,15H,5,10H2,1-4H3. The third kappa shape index (κ3) is 4.44. The molecule has 6 nitrogen and oxygen atoms in total. The van der Waals surface area contributed by atoms with Crippen LogP contribution in [-0.4, -0.2) is 40.6 Å². The number of anilines is 1. The smallest absolute Gasteiger partial charge is 0.325 e. The summed E-state index contributed by atoms with van der Waals surface area (Å²) >= 11 is 0. The van der Waals surface area contributed by atoms with Crippen molar-refractivity contribution in [1.29, 1.82) is 0 Å². The molecule has 0 amide bonds. The highest BCUT2D eigenvalue weighted by molar-refractivity contribution is 7.89. The van der Waals surface area contributed by atoms with Gasteiger partial charge in [-0.05, 0) is 40.0 Å². The fourth-order valence-corrected chi connectivity index (χ4v) is 2.86. The van der Waals surface area contributed by atoms with Crippen molar-refractivity contribution < 1.29 is 17.9 Å². The first-order valence-electron chi connectivity index (χ1n) is 6.78. The summed E-state index contributed by atoms with van der Waals surface area (Å²) in [5.74, 6) is -0.386. The minimum Gasteiger partial charge on any atom is -0.465 e. The Labute approximate surface area is 126 Å². The molecule has 118 valence electrons. The van der Waals surface area contributed by atoms with Gasteiger partial charge in [0.15, 0.2) is 0 Å². The summed E-state index contributed by atoms with van der Waals surface area (Å²) in [6.45, 7) is 5.81. The number of sulfonamides is 1. The van der Waals surface area contributed by atoms with Crippen LogP contribution in [0.15, 0.2) is 29.2 Å². The second-order valence-electron chi connectivity index (χ2n) is 4.70. The number of esters is 1. The number of carbonyl (C=O) groups is 1. The Morgan fingerprint density at radius 1 is 1.33 bits per heavy atom. The summed E-state index contributed by atoms with van der Waals surface area (Å²) in [7, 11) is -2.24. The van der Waals surface area contributed by atoms with Gasteiger partial charge in [-0.3, -0.25) is 4.79 Å². The topological polar surface area (TPSA) is 75.7 Å². The maximum Gasteiger partial charge on any atom is 0.325 e. The van der Waals surface area contributed by atoms with Gasteiger partial charge in [0, 0.05) is 6.04 Å². The number of hydrogen-bond acceptors (Lipinski definition) is 5. The van der Waals surface area contributed by atoms with E-state index in [0.29, 0.717) is 12.3 Å². The molecule has 0 aliphatic heterocycles. The third-order valence-electron chi connectivity index (χ3n) is 2.96. The van der Waals surface area contributed by atoms with Crippen LogP contribution >= 0.6 is 0 Å². The van der Waals surface area contributed by atoms with Crippen LogP contribution in [0.25, 0.3) is 0 Å². The monoisotopic (exact) mass is 314 g/mol. The average molecular weight is 314 g/mol. The van der Waals surface area contributed by atoms with E-state index < -0.39 is 10.0 Å². The summed E-state index contributed by atoms with van der Waals surface area (Å²) in [5.41, 5.74) is 0.481. The minimum atomic E-state index is -3.60. The Morgan fingerprint density at radius 3 is 2.48 bits per heavy atom. The van der Waals surface area contributed by atoms with Crippen LogP contribution in [0.3, 0.4) is 0 Å². The number of nitrogens with one attached hydrogen (secondary N) is 1. The third-order valence-corrected chi connectivity index (χ3v) is 4.42. The molecule has 0 saturated heterocycles. The number of benzene rings is 1. The molecule has 0 spiro atoms. The lowest BCUT2D eigenvalue weighted by molar-refractivity contribution is -0.141. The normalized spacial score (nSPS) is 11.5. The van der Waals surface area contributed by atoms with E-state index in [4.69, 9.17) is 4.74 Å². The van der Waals surface area contributed by atoms with Crippen molar-refractivity contribution in [2.75, 3.05) is 25.1 Å². The molecule has 0 fully saturated rings. The van der Waals surface area contributed by atoms with E-state index in [9.17, 15) is 13.2 Å². The van der Waals surface area contributed by atoms with Gasteiger partial charge in [-0.25, -0.2) is 13.1 Å². The second kappa shape index (κ2) is 7.42. The van der Waals surface area contributed by atoms with Crippen molar-refractivity contribution in [3.8, 4) is 0 Å². The Balaban J connectivity index is 3.24. The maximum absolute atomic E-state index is 12.1. The number of para-hydroxylation sites is 1. The van der Waals surface area contributed by atoms with E-state index in [1.807, 2.05) is 13.8 Å². The van der Waals surface area contributed by atoms with Crippen LogP contribution in [0, 0.1) is 0 Å². The largest absolute Gasteiger partial charge is 0.465 e. The lowest BCUT2D eigenvalue weighted by Gasteiger charge is -2.29. The highest BCUT2D eigenvalue weighted by Crippen LogP contribution is 2.26. The first kappa shape index (κ1) is 17.5. The van der Waals surface area contributed by atoms with Gasteiger partial charge in [-0.2, -0.15) is 0 Å². The van der Waals surface area contributed by atoms with Crippen LogP contribution in [0.1, 0.15) is 20.8 Å². The predicted molar refractivity (Wildman–Crippen MR) is 81.8 cm³/mol. The lowest BCUT2D eigenvalue weighted by Crippen LogP contribution is -2.38. The van der Waals surface area contributed by atoms with Gasteiger partial charge in [0.1, 0.15) is 11.4 Å². The minimum absolute atomic E-state index is 0.00174. The van der Waals surface area contributed by atoms with Gasteiger partial charge in [-0.15, -0.1) is 0 Å². The molecular formula is C14H22N2O4S. The summed E-state index contributed by atoms with van der Waals surface area (Å²) in [6.07, 6.45) is 0. The molecule has 1 aromatic carbocycles. The molecule has 0 unspecified atom stereocenters. The van der Waals surface area contributed by atoms with Gasteiger partial charge in [0.05, 0.1) is 12.3 Å². The number of rotatable bonds is 7. The molecule has 21 heavy (non-hydrogen) atoms. The molecular weight excluding hydrogens is 292 g/mol. The van der Waals surface area contributed by atoms with Crippen molar-refractivity contribution in [3.63, 3.8) is 0 Å². The summed E-state index contributed by atoms with van der Waals surface area (Å²) in [6, 6.07) is 6.54. The molecule has 0 heterocycles. The number of hydrogen-bond donors (Lipinski definition) is 1. The summed E-state index contributed by atoms with van der Waals surface area (Å²) in [4.78, 5) is 13.6. The van der Waals surface area contributed by atoms with E-state index in [2.05, 4.69) is 4.72 Å². The van der Waals surface area contributed by atoms with E-state index in [-0.39, 0.29) is 23.5 Å². The maximum atomic E-state index is 12.1.